The Morgan fingerprint density at radius 1 is 0.486 bits per heavy atom. The molecule has 0 saturated heterocycles. The highest BCUT2D eigenvalue weighted by Gasteiger charge is 2.84. The van der Waals surface area contributed by atoms with E-state index in [0.29, 0.717) is 38.5 Å². The van der Waals surface area contributed by atoms with Crippen molar-refractivity contribution in [2.24, 2.45) is 0 Å². The fraction of sp³-hybridized carbons (Fsp3) is 1.00. The Morgan fingerprint density at radius 3 is 1.14 bits per heavy atom. The lowest BCUT2D eigenvalue weighted by atomic mass is 10.1. The second-order valence-corrected chi connectivity index (χ2v) is 11.9. The third kappa shape index (κ3) is 12.0. The van der Waals surface area contributed by atoms with Crippen molar-refractivity contribution < 1.29 is 52.8 Å². The van der Waals surface area contributed by atoms with Gasteiger partial charge in [0.15, 0.2) is 0 Å². The van der Waals surface area contributed by atoms with Gasteiger partial charge in [-0.1, -0.05) is 78.6 Å². The summed E-state index contributed by atoms with van der Waals surface area (Å²) in [6.07, 6.45) is -3.58. The van der Waals surface area contributed by atoms with Crippen molar-refractivity contribution in [1.82, 2.24) is 0 Å². The van der Waals surface area contributed by atoms with Crippen LogP contribution in [0.15, 0.2) is 0 Å². The van der Waals surface area contributed by atoms with E-state index in [0.717, 1.165) is 19.3 Å². The molecule has 0 bridgehead atoms. The van der Waals surface area contributed by atoms with Crippen LogP contribution in [0.2, 0.25) is 0 Å². The van der Waals surface area contributed by atoms with E-state index in [4.69, 9.17) is 13.3 Å². The molecular formula is C24H43F9O3Si. The van der Waals surface area contributed by atoms with Crippen LogP contribution in [0.4, 0.5) is 39.5 Å². The van der Waals surface area contributed by atoms with E-state index in [1.165, 1.54) is 0 Å². The Kier molecular flexibility index (Phi) is 17.0. The van der Waals surface area contributed by atoms with Gasteiger partial charge in [0.25, 0.3) is 0 Å². The van der Waals surface area contributed by atoms with Crippen LogP contribution >= 0.6 is 0 Å². The molecule has 0 atom stereocenters. The zero-order valence-corrected chi connectivity index (χ0v) is 23.1. The van der Waals surface area contributed by atoms with Gasteiger partial charge in [-0.25, -0.2) is 0 Å². The van der Waals surface area contributed by atoms with Gasteiger partial charge in [0, 0.05) is 32.7 Å². The Labute approximate surface area is 216 Å². The molecule has 0 aromatic rings. The molecule has 13 heteroatoms. The van der Waals surface area contributed by atoms with Gasteiger partial charge in [-0.15, -0.1) is 0 Å². The molecule has 0 saturated carbocycles. The summed E-state index contributed by atoms with van der Waals surface area (Å²) in [4.78, 5) is 0. The van der Waals surface area contributed by atoms with Gasteiger partial charge in [0.05, 0.1) is 0 Å². The Hall–Kier alpha value is -0.533. The molecule has 0 aliphatic rings. The molecule has 0 amide bonds. The highest BCUT2D eigenvalue weighted by atomic mass is 28.4. The maximum absolute atomic E-state index is 15.5. The maximum atomic E-state index is 15.5. The predicted molar refractivity (Wildman–Crippen MR) is 126 cm³/mol. The van der Waals surface area contributed by atoms with Crippen molar-refractivity contribution in [3.05, 3.63) is 0 Å². The van der Waals surface area contributed by atoms with Gasteiger partial charge in [-0.3, -0.25) is 0 Å². The first-order chi connectivity index (χ1) is 17.1. The molecule has 0 spiro atoms. The van der Waals surface area contributed by atoms with Gasteiger partial charge >= 0.3 is 32.4 Å². The molecule has 3 nitrogen and oxygen atoms in total. The normalized spacial score (nSPS) is 13.9. The number of rotatable bonds is 23. The molecule has 0 rings (SSSR count). The summed E-state index contributed by atoms with van der Waals surface area (Å²) in [6, 6.07) is 0. The average Bonchev–Trinajstić information content (AvgIpc) is 2.81. The van der Waals surface area contributed by atoms with Crippen LogP contribution in [0.25, 0.3) is 0 Å². The topological polar surface area (TPSA) is 27.7 Å². The van der Waals surface area contributed by atoms with Gasteiger partial charge in [0.1, 0.15) is 0 Å². The summed E-state index contributed by atoms with van der Waals surface area (Å²) in [6.45, 7) is 4.19. The van der Waals surface area contributed by atoms with E-state index < -0.39 is 65.0 Å². The SMILES string of the molecule is CCCCCCO[Si](OCCCCCC)(OCCCCCC)C(F)(F)C(F)(F)C(F)(F)CCC(F)(F)F. The number of hydrogen-bond acceptors (Lipinski definition) is 3. The maximum Gasteiger partial charge on any atom is 0.582 e. The first-order valence-corrected chi connectivity index (χ1v) is 15.0. The number of unbranched alkanes of at least 4 members (excludes halogenated alkanes) is 9. The molecule has 0 heterocycles. The minimum Gasteiger partial charge on any atom is -0.370 e. The molecule has 0 aliphatic heterocycles. The number of alkyl halides is 9. The Balaban J connectivity index is 6.14. The van der Waals surface area contributed by atoms with Crippen molar-refractivity contribution in [3.8, 4) is 0 Å². The highest BCUT2D eigenvalue weighted by molar-refractivity contribution is 6.63. The van der Waals surface area contributed by atoms with E-state index in [1.807, 2.05) is 20.8 Å². The first-order valence-electron chi connectivity index (χ1n) is 13.3. The van der Waals surface area contributed by atoms with Crippen LogP contribution in [0.1, 0.15) is 111 Å². The molecular weight excluding hydrogens is 535 g/mol. The van der Waals surface area contributed by atoms with Crippen molar-refractivity contribution in [1.29, 1.82) is 0 Å². The number of hydrogen-bond donors (Lipinski definition) is 0. The predicted octanol–water partition coefficient (Wildman–Crippen LogP) is 9.50. The Morgan fingerprint density at radius 2 is 0.838 bits per heavy atom. The van der Waals surface area contributed by atoms with Crippen LogP contribution in [0.3, 0.4) is 0 Å². The third-order valence-corrected chi connectivity index (χ3v) is 8.67. The van der Waals surface area contributed by atoms with Gasteiger partial charge < -0.3 is 13.3 Å². The average molecular weight is 579 g/mol. The summed E-state index contributed by atoms with van der Waals surface area (Å²) in [5.74, 6) is -11.9. The number of halogens is 9. The van der Waals surface area contributed by atoms with Crippen molar-refractivity contribution in [2.45, 2.75) is 134 Å². The monoisotopic (exact) mass is 578 g/mol. The molecule has 0 aliphatic carbocycles. The molecule has 0 fully saturated rings. The minimum absolute atomic E-state index is 0.174. The smallest absolute Gasteiger partial charge is 0.370 e. The summed E-state index contributed by atoms with van der Waals surface area (Å²) in [5, 5.41) is 0. The van der Waals surface area contributed by atoms with Crippen molar-refractivity contribution >= 4 is 8.80 Å². The third-order valence-electron chi connectivity index (χ3n) is 5.83. The fourth-order valence-electron chi connectivity index (χ4n) is 3.48. The van der Waals surface area contributed by atoms with Crippen molar-refractivity contribution in [3.63, 3.8) is 0 Å². The van der Waals surface area contributed by atoms with Crippen LogP contribution in [0, 0.1) is 0 Å². The summed E-state index contributed by atoms with van der Waals surface area (Å²) >= 11 is 0. The molecule has 224 valence electrons. The van der Waals surface area contributed by atoms with E-state index in [-0.39, 0.29) is 19.3 Å². The van der Waals surface area contributed by atoms with E-state index in [9.17, 15) is 30.7 Å². The van der Waals surface area contributed by atoms with E-state index >= 15 is 8.78 Å². The lowest BCUT2D eigenvalue weighted by Gasteiger charge is -2.41. The lowest BCUT2D eigenvalue weighted by molar-refractivity contribution is -0.305. The van der Waals surface area contributed by atoms with Crippen LogP contribution in [0.5, 0.6) is 0 Å². The molecule has 37 heavy (non-hydrogen) atoms. The lowest BCUT2D eigenvalue weighted by Crippen LogP contribution is -2.72. The molecule has 0 aromatic heterocycles. The van der Waals surface area contributed by atoms with E-state index in [1.54, 1.807) is 0 Å². The zero-order valence-electron chi connectivity index (χ0n) is 22.1. The second-order valence-electron chi connectivity index (χ2n) is 9.25. The van der Waals surface area contributed by atoms with Crippen molar-refractivity contribution in [2.75, 3.05) is 19.8 Å². The highest BCUT2D eigenvalue weighted by Crippen LogP contribution is 2.53. The van der Waals surface area contributed by atoms with Gasteiger partial charge in [-0.2, -0.15) is 39.5 Å². The molecule has 0 unspecified atom stereocenters. The summed E-state index contributed by atoms with van der Waals surface area (Å²) in [5.41, 5.74) is -5.67. The first kappa shape index (κ1) is 36.5. The summed E-state index contributed by atoms with van der Waals surface area (Å²) in [7, 11) is -5.87. The van der Waals surface area contributed by atoms with Crippen LogP contribution < -0.4 is 0 Å². The zero-order chi connectivity index (χ0) is 28.6. The minimum atomic E-state index is -6.20. The van der Waals surface area contributed by atoms with Crippen LogP contribution in [-0.4, -0.2) is 52.2 Å². The fourth-order valence-corrected chi connectivity index (χ4v) is 6.08. The standard InChI is InChI=1S/C24H43F9O3Si/c1-4-7-10-13-18-34-37(35-19-14-11-8-5-2,36-20-15-12-9-6-3)24(32,33)23(30,31)21(25,26)16-17-22(27,28)29/h4-20H2,1-3H3. The Bertz CT molecular complexity index is 554. The van der Waals surface area contributed by atoms with Gasteiger partial charge in [-0.05, 0) is 19.3 Å². The molecule has 0 N–H and O–H groups in total. The van der Waals surface area contributed by atoms with Crippen LogP contribution in [-0.2, 0) is 13.3 Å². The van der Waals surface area contributed by atoms with Gasteiger partial charge in [0.2, 0.25) is 0 Å². The van der Waals surface area contributed by atoms with E-state index in [2.05, 4.69) is 0 Å². The second kappa shape index (κ2) is 17.2. The largest absolute Gasteiger partial charge is 0.582 e. The molecule has 0 radical (unpaired) electrons. The molecule has 0 aromatic carbocycles. The summed E-state index contributed by atoms with van der Waals surface area (Å²) < 4.78 is 143. The quantitative estimate of drug-likeness (QED) is 0.0687.